The summed E-state index contributed by atoms with van der Waals surface area (Å²) in [5, 5.41) is 0. The van der Waals surface area contributed by atoms with Crippen molar-refractivity contribution >= 4 is 6.16 Å². The van der Waals surface area contributed by atoms with Crippen LogP contribution in [0.25, 0.3) is 0 Å². The van der Waals surface area contributed by atoms with Crippen LogP contribution < -0.4 is 0 Å². The lowest BCUT2D eigenvalue weighted by molar-refractivity contribution is -0.0136. The highest BCUT2D eigenvalue weighted by molar-refractivity contribution is 5.60. The van der Waals surface area contributed by atoms with Gasteiger partial charge in [-0.1, -0.05) is 12.2 Å². The molecule has 0 heterocycles. The van der Waals surface area contributed by atoms with E-state index < -0.39 is 11.8 Å². The van der Waals surface area contributed by atoms with Crippen molar-refractivity contribution in [1.82, 2.24) is 0 Å². The topological polar surface area (TPSA) is 35.5 Å². The SMILES string of the molecule is CC(C)(C)OC(=O)OCC1CC=CCC1. The summed E-state index contributed by atoms with van der Waals surface area (Å²) in [5.41, 5.74) is -0.469. The van der Waals surface area contributed by atoms with Gasteiger partial charge in [-0.15, -0.1) is 0 Å². The number of rotatable bonds is 2. The van der Waals surface area contributed by atoms with E-state index in [-0.39, 0.29) is 0 Å². The van der Waals surface area contributed by atoms with Crippen molar-refractivity contribution in [2.45, 2.75) is 45.6 Å². The Balaban J connectivity index is 2.19. The molecule has 0 fully saturated rings. The Morgan fingerprint density at radius 1 is 1.40 bits per heavy atom. The molecule has 0 saturated carbocycles. The first-order valence-corrected chi connectivity index (χ1v) is 5.48. The first-order chi connectivity index (χ1) is 6.97. The van der Waals surface area contributed by atoms with Gasteiger partial charge in [-0.3, -0.25) is 0 Å². The van der Waals surface area contributed by atoms with E-state index in [1.807, 2.05) is 20.8 Å². The molecule has 0 aromatic heterocycles. The van der Waals surface area contributed by atoms with Crippen LogP contribution in [0.1, 0.15) is 40.0 Å². The number of ether oxygens (including phenoxy) is 2. The average Bonchev–Trinajstić information content (AvgIpc) is 2.14. The van der Waals surface area contributed by atoms with Gasteiger partial charge in [-0.2, -0.15) is 0 Å². The van der Waals surface area contributed by atoms with Gasteiger partial charge < -0.3 is 9.47 Å². The third-order valence-corrected chi connectivity index (χ3v) is 2.20. The van der Waals surface area contributed by atoms with Crippen molar-refractivity contribution in [1.29, 1.82) is 0 Å². The molecule has 3 nitrogen and oxygen atoms in total. The molecule has 0 bridgehead atoms. The van der Waals surface area contributed by atoms with Crippen LogP contribution in [0.4, 0.5) is 4.79 Å². The number of carbonyl (C=O) groups is 1. The molecule has 1 atom stereocenters. The molecule has 15 heavy (non-hydrogen) atoms. The lowest BCUT2D eigenvalue weighted by atomic mass is 9.95. The highest BCUT2D eigenvalue weighted by atomic mass is 16.7. The highest BCUT2D eigenvalue weighted by Gasteiger charge is 2.19. The van der Waals surface area contributed by atoms with E-state index in [4.69, 9.17) is 9.47 Å². The summed E-state index contributed by atoms with van der Waals surface area (Å²) in [5.74, 6) is 0.461. The largest absolute Gasteiger partial charge is 0.508 e. The number of allylic oxidation sites excluding steroid dienone is 2. The molecule has 0 saturated heterocycles. The van der Waals surface area contributed by atoms with Gasteiger partial charge in [0.1, 0.15) is 5.60 Å². The van der Waals surface area contributed by atoms with Crippen molar-refractivity contribution in [3.63, 3.8) is 0 Å². The summed E-state index contributed by atoms with van der Waals surface area (Å²) in [6.07, 6.45) is 6.94. The molecule has 1 unspecified atom stereocenters. The van der Waals surface area contributed by atoms with Gasteiger partial charge in [-0.05, 0) is 46.0 Å². The molecular weight excluding hydrogens is 192 g/mol. The van der Waals surface area contributed by atoms with Crippen LogP contribution in [0.3, 0.4) is 0 Å². The highest BCUT2D eigenvalue weighted by Crippen LogP contribution is 2.18. The minimum atomic E-state index is -0.558. The average molecular weight is 212 g/mol. The predicted molar refractivity (Wildman–Crippen MR) is 58.7 cm³/mol. The molecule has 1 aliphatic rings. The van der Waals surface area contributed by atoms with Gasteiger partial charge >= 0.3 is 6.16 Å². The fourth-order valence-electron chi connectivity index (χ4n) is 1.47. The van der Waals surface area contributed by atoms with Crippen molar-refractivity contribution < 1.29 is 14.3 Å². The molecule has 1 aliphatic carbocycles. The lowest BCUT2D eigenvalue weighted by Crippen LogP contribution is -2.26. The van der Waals surface area contributed by atoms with Gasteiger partial charge in [0.25, 0.3) is 0 Å². The summed E-state index contributed by atoms with van der Waals surface area (Å²) in [6.45, 7) is 5.96. The molecule has 0 radical (unpaired) electrons. The Morgan fingerprint density at radius 2 is 2.13 bits per heavy atom. The van der Waals surface area contributed by atoms with Crippen molar-refractivity contribution in [3.8, 4) is 0 Å². The Bertz CT molecular complexity index is 238. The summed E-state index contributed by atoms with van der Waals surface area (Å²) in [4.78, 5) is 11.2. The van der Waals surface area contributed by atoms with Crippen molar-refractivity contribution in [3.05, 3.63) is 12.2 Å². The standard InChI is InChI=1S/C12H20O3/c1-12(2,3)15-11(13)14-9-10-7-5-4-6-8-10/h4-5,10H,6-9H2,1-3H3. The van der Waals surface area contributed by atoms with E-state index >= 15 is 0 Å². The van der Waals surface area contributed by atoms with Gasteiger partial charge in [0.2, 0.25) is 0 Å². The molecule has 0 aromatic rings. The zero-order chi connectivity index (χ0) is 11.3. The maximum absolute atomic E-state index is 11.2. The smallest absolute Gasteiger partial charge is 0.434 e. The minimum Gasteiger partial charge on any atom is -0.434 e. The lowest BCUT2D eigenvalue weighted by Gasteiger charge is -2.21. The Kier molecular flexibility index (Phi) is 4.18. The predicted octanol–water partition coefficient (Wildman–Crippen LogP) is 3.29. The van der Waals surface area contributed by atoms with Crippen LogP contribution in [0.15, 0.2) is 12.2 Å². The number of hydrogen-bond donors (Lipinski definition) is 0. The van der Waals surface area contributed by atoms with Crippen LogP contribution in [0.2, 0.25) is 0 Å². The Hall–Kier alpha value is -0.990. The second-order valence-corrected chi connectivity index (χ2v) is 4.93. The van der Waals surface area contributed by atoms with Gasteiger partial charge in [0.05, 0.1) is 6.61 Å². The summed E-state index contributed by atoms with van der Waals surface area (Å²) in [6, 6.07) is 0. The van der Waals surface area contributed by atoms with E-state index in [0.29, 0.717) is 12.5 Å². The monoisotopic (exact) mass is 212 g/mol. The van der Waals surface area contributed by atoms with E-state index in [2.05, 4.69) is 12.2 Å². The molecule has 0 aliphatic heterocycles. The van der Waals surface area contributed by atoms with Crippen LogP contribution >= 0.6 is 0 Å². The van der Waals surface area contributed by atoms with Crippen LogP contribution in [0.5, 0.6) is 0 Å². The Morgan fingerprint density at radius 3 is 2.67 bits per heavy atom. The van der Waals surface area contributed by atoms with E-state index in [9.17, 15) is 4.79 Å². The van der Waals surface area contributed by atoms with Crippen LogP contribution in [-0.2, 0) is 9.47 Å². The van der Waals surface area contributed by atoms with Crippen molar-refractivity contribution in [2.75, 3.05) is 6.61 Å². The molecule has 1 rings (SSSR count). The minimum absolute atomic E-state index is 0.461. The van der Waals surface area contributed by atoms with Gasteiger partial charge in [-0.25, -0.2) is 4.79 Å². The van der Waals surface area contributed by atoms with Gasteiger partial charge in [0.15, 0.2) is 0 Å². The zero-order valence-corrected chi connectivity index (χ0v) is 9.79. The second kappa shape index (κ2) is 5.19. The Labute approximate surface area is 91.4 Å². The zero-order valence-electron chi connectivity index (χ0n) is 9.79. The third kappa shape index (κ3) is 5.45. The molecule has 0 N–H and O–H groups in total. The van der Waals surface area contributed by atoms with E-state index in [1.54, 1.807) is 0 Å². The summed E-state index contributed by atoms with van der Waals surface area (Å²) >= 11 is 0. The third-order valence-electron chi connectivity index (χ3n) is 2.20. The van der Waals surface area contributed by atoms with Gasteiger partial charge in [0, 0.05) is 0 Å². The molecule has 0 aromatic carbocycles. The first-order valence-electron chi connectivity index (χ1n) is 5.48. The fourth-order valence-corrected chi connectivity index (χ4v) is 1.47. The van der Waals surface area contributed by atoms with Crippen LogP contribution in [-0.4, -0.2) is 18.4 Å². The summed E-state index contributed by atoms with van der Waals surface area (Å²) in [7, 11) is 0. The molecule has 0 spiro atoms. The normalized spacial score (nSPS) is 21.1. The van der Waals surface area contributed by atoms with E-state index in [1.165, 1.54) is 0 Å². The molecular formula is C12H20O3. The van der Waals surface area contributed by atoms with E-state index in [0.717, 1.165) is 19.3 Å². The molecule has 0 amide bonds. The maximum Gasteiger partial charge on any atom is 0.508 e. The first kappa shape index (κ1) is 12.1. The maximum atomic E-state index is 11.2. The molecule has 3 heteroatoms. The number of hydrogen-bond acceptors (Lipinski definition) is 3. The van der Waals surface area contributed by atoms with Crippen molar-refractivity contribution in [2.24, 2.45) is 5.92 Å². The second-order valence-electron chi connectivity index (χ2n) is 4.93. The van der Waals surface area contributed by atoms with Crippen LogP contribution in [0, 0.1) is 5.92 Å². The summed E-state index contributed by atoms with van der Waals surface area (Å²) < 4.78 is 10.1. The molecule has 86 valence electrons. The fraction of sp³-hybridized carbons (Fsp3) is 0.750. The number of carbonyl (C=O) groups excluding carboxylic acids is 1. The quantitative estimate of drug-likeness (QED) is 0.520.